The van der Waals surface area contributed by atoms with Gasteiger partial charge in [-0.25, -0.2) is 0 Å². The lowest BCUT2D eigenvalue weighted by atomic mass is 9.56. The summed E-state index contributed by atoms with van der Waals surface area (Å²) in [5.41, 5.74) is -2.06. The molecule has 0 amide bonds. The van der Waals surface area contributed by atoms with Crippen molar-refractivity contribution < 1.29 is 4.42 Å². The zero-order valence-electron chi connectivity index (χ0n) is 31.1. The second-order valence-electron chi connectivity index (χ2n) is 14.4. The molecule has 1 nitrogen and oxygen atoms in total. The average molecular weight is 686 g/mol. The predicted molar refractivity (Wildman–Crippen MR) is 276 cm³/mol. The minimum absolute atomic E-state index is 0.00129. The van der Waals surface area contributed by atoms with Gasteiger partial charge in [-0.2, -0.15) is 0 Å². The Bertz CT molecular complexity index is 3260. The number of rotatable bonds is 2. The van der Waals surface area contributed by atoms with Crippen molar-refractivity contribution in [3.63, 3.8) is 0 Å². The number of hydrogen-bond donors (Lipinski definition) is 0. The number of furan rings is 1. The van der Waals surface area contributed by atoms with Gasteiger partial charge in [-0.05, 0) is 54.6 Å². The molecule has 7 aromatic carbocycles. The molecular formula is C36B22O. The molecule has 0 aliphatic carbocycles. The van der Waals surface area contributed by atoms with E-state index in [2.05, 4.69) is 0 Å². The van der Waals surface area contributed by atoms with Gasteiger partial charge in [-0.1, -0.05) is 71.0 Å². The molecular weight excluding hydrogens is 686 g/mol. The third-order valence-corrected chi connectivity index (χ3v) is 11.5. The molecule has 0 N–H and O–H groups in total. The van der Waals surface area contributed by atoms with Crippen LogP contribution < -0.4 is 120 Å². The summed E-state index contributed by atoms with van der Waals surface area (Å²) in [5, 5.41) is 0.703. The summed E-state index contributed by atoms with van der Waals surface area (Å²) in [6.45, 7) is 0. The van der Waals surface area contributed by atoms with Crippen LogP contribution in [-0.2, 0) is 0 Å². The van der Waals surface area contributed by atoms with Gasteiger partial charge in [-0.3, -0.25) is 0 Å². The second kappa shape index (κ2) is 14.0. The third kappa shape index (κ3) is 5.30. The van der Waals surface area contributed by atoms with Crippen molar-refractivity contribution >= 4 is 347 Å². The molecule has 44 radical (unpaired) electrons. The topological polar surface area (TPSA) is 13.1 Å². The van der Waals surface area contributed by atoms with E-state index >= 15 is 0 Å². The lowest BCUT2D eigenvalue weighted by Gasteiger charge is -2.32. The van der Waals surface area contributed by atoms with Crippen LogP contribution in [0.25, 0.3) is 76.5 Å². The molecule has 0 saturated carbocycles. The zero-order valence-corrected chi connectivity index (χ0v) is 31.1. The highest BCUT2D eigenvalue weighted by Crippen LogP contribution is 2.41. The first-order valence-corrected chi connectivity index (χ1v) is 17.3. The first-order valence-electron chi connectivity index (χ1n) is 17.3. The van der Waals surface area contributed by atoms with Crippen molar-refractivity contribution in [2.75, 3.05) is 0 Å². The van der Waals surface area contributed by atoms with Crippen LogP contribution in [0.2, 0.25) is 0 Å². The highest BCUT2D eigenvalue weighted by molar-refractivity contribution is 6.76. The summed E-state index contributed by atoms with van der Waals surface area (Å²) >= 11 is 0. The van der Waals surface area contributed by atoms with Crippen LogP contribution in [0.1, 0.15) is 0 Å². The highest BCUT2D eigenvalue weighted by atomic mass is 16.3. The molecule has 8 aromatic rings. The van der Waals surface area contributed by atoms with Crippen LogP contribution in [0.4, 0.5) is 0 Å². The fraction of sp³-hybridized carbons (Fsp3) is 0. The summed E-state index contributed by atoms with van der Waals surface area (Å²) in [5.74, 6) is 0. The molecule has 0 spiro atoms. The number of benzene rings is 7. The van der Waals surface area contributed by atoms with E-state index in [-0.39, 0.29) is 197 Å². The van der Waals surface area contributed by atoms with Crippen LogP contribution in [0.3, 0.4) is 0 Å². The van der Waals surface area contributed by atoms with Crippen molar-refractivity contribution in [1.29, 1.82) is 0 Å². The van der Waals surface area contributed by atoms with E-state index in [4.69, 9.17) is 177 Å². The van der Waals surface area contributed by atoms with Crippen LogP contribution in [0.15, 0.2) is 4.42 Å². The molecule has 0 bridgehead atoms. The summed E-state index contributed by atoms with van der Waals surface area (Å²) in [7, 11) is 147. The smallest absolute Gasteiger partial charge is 0.127 e. The fourth-order valence-electron chi connectivity index (χ4n) is 8.29. The Morgan fingerprint density at radius 3 is 0.746 bits per heavy atom. The molecule has 1 aromatic heterocycles. The molecule has 216 valence electrons. The lowest BCUT2D eigenvalue weighted by Crippen LogP contribution is -2.53. The minimum Gasteiger partial charge on any atom is -0.457 e. The van der Waals surface area contributed by atoms with E-state index in [9.17, 15) is 0 Å². The van der Waals surface area contributed by atoms with E-state index in [0.29, 0.717) is 0 Å². The van der Waals surface area contributed by atoms with E-state index in [0.717, 1.165) is 0 Å². The second-order valence-corrected chi connectivity index (χ2v) is 14.4. The van der Waals surface area contributed by atoms with Gasteiger partial charge in [0.05, 0.1) is 0 Å². The standard InChI is InChI=1S/C36B22O/c37-13-9(22(46)33(57)35-11(13)12-23(47)31(55)32(56)34(58)36(12)59-35)2-6-3(15(39)25(49)27(51)17(6)41)1(4-7(2)18(42)28(52)26(50)16(4)40)5-8-10(20(44)24(48)14(5)38)21(45)30(54)29(53)19(8)43. The third-order valence-electron chi connectivity index (χ3n) is 11.5. The Hall–Kier alpha value is -3.45. The molecule has 0 saturated heterocycles. The monoisotopic (exact) mass is 690 g/mol. The quantitative estimate of drug-likeness (QED) is 0.130. The molecule has 0 fully saturated rings. The summed E-state index contributed by atoms with van der Waals surface area (Å²) in [6.07, 6.45) is 0. The molecule has 0 aliphatic heterocycles. The van der Waals surface area contributed by atoms with E-state index < -0.39 is 0 Å². The van der Waals surface area contributed by atoms with Crippen molar-refractivity contribution in [1.82, 2.24) is 0 Å². The maximum atomic E-state index is 7.16. The largest absolute Gasteiger partial charge is 0.457 e. The first kappa shape index (κ1) is 42.2. The Morgan fingerprint density at radius 1 is 0.153 bits per heavy atom. The van der Waals surface area contributed by atoms with Crippen molar-refractivity contribution in [3.05, 3.63) is 0 Å². The zero-order chi connectivity index (χ0) is 43.5. The molecule has 0 atom stereocenters. The van der Waals surface area contributed by atoms with E-state index in [1.54, 1.807) is 0 Å². The minimum atomic E-state index is -0.147. The maximum Gasteiger partial charge on any atom is 0.127 e. The molecule has 0 unspecified atom stereocenters. The summed E-state index contributed by atoms with van der Waals surface area (Å²) in [4.78, 5) is 0. The van der Waals surface area contributed by atoms with Crippen LogP contribution in [0, 0.1) is 0 Å². The van der Waals surface area contributed by atoms with Crippen molar-refractivity contribution in [2.24, 2.45) is 0 Å². The molecule has 23 heteroatoms. The Morgan fingerprint density at radius 2 is 0.373 bits per heavy atom. The van der Waals surface area contributed by atoms with Gasteiger partial charge in [0, 0.05) is 10.8 Å². The van der Waals surface area contributed by atoms with E-state index in [1.165, 1.54) is 0 Å². The van der Waals surface area contributed by atoms with Gasteiger partial charge in [0.2, 0.25) is 0 Å². The Balaban J connectivity index is 1.79. The normalized spacial score (nSPS) is 11.9. The molecule has 0 aliphatic rings. The first-order chi connectivity index (χ1) is 27.5. The van der Waals surface area contributed by atoms with Gasteiger partial charge in [-0.15, -0.1) is 49.2 Å². The molecule has 8 rings (SSSR count). The lowest BCUT2D eigenvalue weighted by molar-refractivity contribution is 0.675. The molecule has 1 heterocycles. The summed E-state index contributed by atoms with van der Waals surface area (Å²) < 4.78 is 6.14. The number of fused-ring (bicyclic) bond motifs is 6. The van der Waals surface area contributed by atoms with E-state index in [1.807, 2.05) is 0 Å². The number of hydrogen-bond acceptors (Lipinski definition) is 1. The maximum absolute atomic E-state index is 7.16. The van der Waals surface area contributed by atoms with Crippen molar-refractivity contribution in [3.8, 4) is 22.3 Å². The Kier molecular flexibility index (Phi) is 10.1. The van der Waals surface area contributed by atoms with Gasteiger partial charge < -0.3 is 4.42 Å². The predicted octanol–water partition coefficient (Wildman–Crippen LogP) is -16.2. The SMILES string of the molecule is [B]c1c([B])c([B])c2c(oc3c([B])c([B])c(-c4c5c([B])c([B])c([B])c([B])c5c(-c5c([B])c([B])c([B])c6c([B])c([B])c([B])c([B])c56)c5c([B])c([B])c([B])c([B])c45)c([B])c32)c1[B]. The highest BCUT2D eigenvalue weighted by Gasteiger charge is 2.30. The Labute approximate surface area is 371 Å². The van der Waals surface area contributed by atoms with Crippen LogP contribution >= 0.6 is 0 Å². The van der Waals surface area contributed by atoms with Gasteiger partial charge in [0.15, 0.2) is 0 Å². The fourth-order valence-corrected chi connectivity index (χ4v) is 8.29. The van der Waals surface area contributed by atoms with Crippen molar-refractivity contribution in [2.45, 2.75) is 0 Å². The summed E-state index contributed by atoms with van der Waals surface area (Å²) in [6, 6.07) is 0. The van der Waals surface area contributed by atoms with Gasteiger partial charge >= 0.3 is 0 Å². The van der Waals surface area contributed by atoms with Gasteiger partial charge in [0.1, 0.15) is 184 Å². The average Bonchev–Trinajstić information content (AvgIpc) is 3.62. The van der Waals surface area contributed by atoms with Crippen LogP contribution in [0.5, 0.6) is 0 Å². The molecule has 59 heavy (non-hydrogen) atoms. The van der Waals surface area contributed by atoms with Crippen LogP contribution in [-0.4, -0.2) is 173 Å². The van der Waals surface area contributed by atoms with Gasteiger partial charge in [0.25, 0.3) is 0 Å².